The van der Waals surface area contributed by atoms with E-state index in [-0.39, 0.29) is 18.9 Å². The molecule has 4 atom stereocenters. The standard InChI is InChI=1S/C37H52N6O7/c1-8-37(6,7)50-36(48)42-19-10-9-12-26-14-15-27-16-17-28(39-30(27)22-26)25(5)49-35(47)29-13-11-20-43(41-29)34(46)24(4)38-33(45)32(23(2)3)40-31(44)18-21-42/h9,12,14-17,22-25,29,32,41H,8,10-11,13,18-21H2,1-7H3,(H,38,45)(H,40,44)/b12-9+/t24-,25+,29-,32-/m0/s1. The third kappa shape index (κ3) is 10.3. The lowest BCUT2D eigenvalue weighted by Gasteiger charge is -2.35. The van der Waals surface area contributed by atoms with Gasteiger partial charge in [-0.25, -0.2) is 15.2 Å². The van der Waals surface area contributed by atoms with E-state index in [2.05, 4.69) is 16.1 Å². The summed E-state index contributed by atoms with van der Waals surface area (Å²) in [5, 5.41) is 7.78. The molecular formula is C37H52N6O7. The average Bonchev–Trinajstić information content (AvgIpc) is 3.08. The summed E-state index contributed by atoms with van der Waals surface area (Å²) >= 11 is 0. The number of ether oxygens (including phenoxy) is 2. The Bertz CT molecular complexity index is 1590. The number of carbonyl (C=O) groups excluding carboxylic acids is 5. The number of carbonyl (C=O) groups is 5. The fraction of sp³-hybridized carbons (Fsp3) is 0.568. The van der Waals surface area contributed by atoms with Gasteiger partial charge in [-0.2, -0.15) is 0 Å². The molecule has 0 aliphatic carbocycles. The van der Waals surface area contributed by atoms with Gasteiger partial charge in [0.15, 0.2) is 0 Å². The van der Waals surface area contributed by atoms with Gasteiger partial charge < -0.3 is 25.0 Å². The monoisotopic (exact) mass is 692 g/mol. The van der Waals surface area contributed by atoms with Crippen LogP contribution in [-0.2, 0) is 28.7 Å². The van der Waals surface area contributed by atoms with E-state index in [1.54, 1.807) is 27.7 Å². The molecule has 1 saturated heterocycles. The zero-order valence-corrected chi connectivity index (χ0v) is 30.3. The molecule has 0 unspecified atom stereocenters. The van der Waals surface area contributed by atoms with Gasteiger partial charge in [-0.15, -0.1) is 0 Å². The molecule has 13 nitrogen and oxygen atoms in total. The van der Waals surface area contributed by atoms with Crippen molar-refractivity contribution >= 4 is 46.8 Å². The molecule has 1 fully saturated rings. The molecule has 272 valence electrons. The fourth-order valence-corrected chi connectivity index (χ4v) is 5.64. The van der Waals surface area contributed by atoms with Gasteiger partial charge in [-0.05, 0) is 77.0 Å². The van der Waals surface area contributed by atoms with Crippen LogP contribution in [0.4, 0.5) is 4.79 Å². The normalized spacial score (nSPS) is 24.3. The molecule has 4 amide bonds. The van der Waals surface area contributed by atoms with E-state index < -0.39 is 59.6 Å². The lowest BCUT2D eigenvalue weighted by atomic mass is 10.0. The Hall–Kier alpha value is -4.52. The summed E-state index contributed by atoms with van der Waals surface area (Å²) in [6.45, 7) is 13.2. The number of hydrazine groups is 1. The number of cyclic esters (lactones) is 1. The maximum absolute atomic E-state index is 13.4. The molecule has 13 heteroatoms. The number of fused-ring (bicyclic) bond motifs is 4. The topological polar surface area (TPSA) is 159 Å². The van der Waals surface area contributed by atoms with Crippen molar-refractivity contribution in [3.63, 3.8) is 0 Å². The Balaban J connectivity index is 1.61. The van der Waals surface area contributed by atoms with Gasteiger partial charge in [0, 0.05) is 31.4 Å². The van der Waals surface area contributed by atoms with Gasteiger partial charge in [-0.3, -0.25) is 24.2 Å². The van der Waals surface area contributed by atoms with E-state index >= 15 is 0 Å². The SMILES string of the molecule is CCC(C)(C)OC(=O)N1CC/C=C/c2ccc3ccc(nc3c2)[C@@H](C)OC(=O)[C@@H]2CCCN(N2)C(=O)[C@H](C)NC(=O)[C@H](C(C)C)NC(=O)CC1. The van der Waals surface area contributed by atoms with E-state index in [4.69, 9.17) is 14.5 Å². The molecule has 3 N–H and O–H groups in total. The molecule has 2 aliphatic rings. The highest BCUT2D eigenvalue weighted by Gasteiger charge is 2.34. The molecule has 0 saturated carbocycles. The van der Waals surface area contributed by atoms with Crippen LogP contribution >= 0.6 is 0 Å². The lowest BCUT2D eigenvalue weighted by molar-refractivity contribution is -0.157. The van der Waals surface area contributed by atoms with Gasteiger partial charge in [0.2, 0.25) is 11.8 Å². The van der Waals surface area contributed by atoms with Crippen molar-refractivity contribution in [1.82, 2.24) is 31.0 Å². The van der Waals surface area contributed by atoms with E-state index in [0.717, 1.165) is 16.5 Å². The zero-order valence-electron chi connectivity index (χ0n) is 30.3. The third-order valence-corrected chi connectivity index (χ3v) is 9.14. The van der Waals surface area contributed by atoms with E-state index in [0.29, 0.717) is 44.5 Å². The van der Waals surface area contributed by atoms with Crippen molar-refractivity contribution in [2.45, 2.75) is 110 Å². The molecule has 50 heavy (non-hydrogen) atoms. The predicted molar refractivity (Wildman–Crippen MR) is 189 cm³/mol. The second-order valence-corrected chi connectivity index (χ2v) is 14.0. The van der Waals surface area contributed by atoms with Crippen molar-refractivity contribution in [1.29, 1.82) is 0 Å². The first-order valence-corrected chi connectivity index (χ1v) is 17.6. The second-order valence-electron chi connectivity index (χ2n) is 14.0. The molecule has 0 radical (unpaired) electrons. The number of esters is 1. The minimum Gasteiger partial charge on any atom is -0.455 e. The number of nitrogens with zero attached hydrogens (tertiary/aromatic N) is 3. The first-order chi connectivity index (χ1) is 23.7. The highest BCUT2D eigenvalue weighted by Crippen LogP contribution is 2.23. The Kier molecular flexibility index (Phi) is 13.0. The summed E-state index contributed by atoms with van der Waals surface area (Å²) in [5.41, 5.74) is 4.52. The van der Waals surface area contributed by atoms with E-state index in [9.17, 15) is 24.0 Å². The second kappa shape index (κ2) is 16.9. The third-order valence-electron chi connectivity index (χ3n) is 9.14. The molecular weight excluding hydrogens is 640 g/mol. The van der Waals surface area contributed by atoms with Crippen LogP contribution in [0.25, 0.3) is 17.0 Å². The minimum atomic E-state index is -0.941. The minimum absolute atomic E-state index is 0.0529. The fourth-order valence-electron chi connectivity index (χ4n) is 5.64. The number of benzene rings is 1. The average molecular weight is 693 g/mol. The Labute approximate surface area is 294 Å². The number of nitrogens with one attached hydrogen (secondary N) is 3. The molecule has 2 aromatic rings. The highest BCUT2D eigenvalue weighted by atomic mass is 16.6. The maximum atomic E-state index is 13.4. The van der Waals surface area contributed by atoms with Crippen LogP contribution in [-0.4, -0.2) is 88.0 Å². The Morgan fingerprint density at radius 2 is 1.80 bits per heavy atom. The van der Waals surface area contributed by atoms with Gasteiger partial charge >= 0.3 is 12.1 Å². The van der Waals surface area contributed by atoms with Crippen molar-refractivity contribution in [3.8, 4) is 0 Å². The number of aromatic nitrogens is 1. The summed E-state index contributed by atoms with van der Waals surface area (Å²) in [6, 6.07) is 7.02. The van der Waals surface area contributed by atoms with Gasteiger partial charge in [0.25, 0.3) is 5.91 Å². The van der Waals surface area contributed by atoms with Crippen molar-refractivity contribution in [2.75, 3.05) is 19.6 Å². The van der Waals surface area contributed by atoms with Gasteiger partial charge in [0.1, 0.15) is 29.8 Å². The van der Waals surface area contributed by atoms with Crippen LogP contribution in [0.5, 0.6) is 0 Å². The Morgan fingerprint density at radius 1 is 1.06 bits per heavy atom. The first kappa shape index (κ1) is 38.3. The summed E-state index contributed by atoms with van der Waals surface area (Å²) in [6.07, 6.45) is 4.83. The van der Waals surface area contributed by atoms with E-state index in [1.165, 1.54) is 9.91 Å². The molecule has 1 aromatic heterocycles. The van der Waals surface area contributed by atoms with Gasteiger partial charge in [0.05, 0.1) is 11.2 Å². The van der Waals surface area contributed by atoms with Crippen molar-refractivity contribution in [2.24, 2.45) is 5.92 Å². The molecule has 2 aliphatic heterocycles. The largest absolute Gasteiger partial charge is 0.455 e. The van der Waals surface area contributed by atoms with Crippen LogP contribution in [0.2, 0.25) is 0 Å². The summed E-state index contributed by atoms with van der Waals surface area (Å²) in [4.78, 5) is 72.6. The summed E-state index contributed by atoms with van der Waals surface area (Å²) < 4.78 is 11.6. The predicted octanol–water partition coefficient (Wildman–Crippen LogP) is 4.41. The molecule has 4 rings (SSSR count). The molecule has 0 spiro atoms. The van der Waals surface area contributed by atoms with Crippen LogP contribution in [0.1, 0.15) is 97.9 Å². The number of amides is 4. The zero-order chi connectivity index (χ0) is 36.6. The van der Waals surface area contributed by atoms with Crippen LogP contribution in [0.3, 0.4) is 0 Å². The molecule has 1 aromatic carbocycles. The number of pyridine rings is 1. The summed E-state index contributed by atoms with van der Waals surface area (Å²) in [5.74, 6) is -2.14. The highest BCUT2D eigenvalue weighted by molar-refractivity contribution is 5.92. The quantitative estimate of drug-likeness (QED) is 0.396. The smallest absolute Gasteiger partial charge is 0.410 e. The van der Waals surface area contributed by atoms with Gasteiger partial charge in [-0.1, -0.05) is 51.1 Å². The van der Waals surface area contributed by atoms with Crippen molar-refractivity contribution in [3.05, 3.63) is 47.7 Å². The number of hydrogen-bond acceptors (Lipinski definition) is 9. The van der Waals surface area contributed by atoms with Crippen molar-refractivity contribution < 1.29 is 33.4 Å². The molecule has 3 heterocycles. The van der Waals surface area contributed by atoms with Crippen LogP contribution < -0.4 is 16.1 Å². The maximum Gasteiger partial charge on any atom is 0.410 e. The number of rotatable bonds is 3. The van der Waals surface area contributed by atoms with Crippen LogP contribution in [0, 0.1) is 5.92 Å². The molecule has 5 bridgehead atoms. The van der Waals surface area contributed by atoms with Crippen LogP contribution in [0.15, 0.2) is 36.4 Å². The first-order valence-electron chi connectivity index (χ1n) is 17.6. The summed E-state index contributed by atoms with van der Waals surface area (Å²) in [7, 11) is 0. The lowest BCUT2D eigenvalue weighted by Crippen LogP contribution is -2.61. The van der Waals surface area contributed by atoms with E-state index in [1.807, 2.05) is 63.3 Å². The Morgan fingerprint density at radius 3 is 2.52 bits per heavy atom. The number of hydrogen-bond donors (Lipinski definition) is 3.